The van der Waals surface area contributed by atoms with Gasteiger partial charge in [0.15, 0.2) is 0 Å². The number of alkyl halides is 1. The van der Waals surface area contributed by atoms with Crippen LogP contribution in [0, 0.1) is 13.8 Å². The van der Waals surface area contributed by atoms with E-state index in [1.165, 1.54) is 0 Å². The number of aryl methyl sites for hydroxylation is 1. The second-order valence-electron chi connectivity index (χ2n) is 2.93. The van der Waals surface area contributed by atoms with E-state index in [0.717, 1.165) is 21.7 Å². The highest BCUT2D eigenvalue weighted by Gasteiger charge is 2.10. The summed E-state index contributed by atoms with van der Waals surface area (Å²) in [5, 5.41) is 0.712. The number of hydrogen-bond donors (Lipinski definition) is 0. The first kappa shape index (κ1) is 10.9. The molecule has 72 valence electrons. The van der Waals surface area contributed by atoms with Gasteiger partial charge in [0.05, 0.1) is 16.5 Å². The van der Waals surface area contributed by atoms with Crippen molar-refractivity contribution in [2.75, 3.05) is 6.26 Å². The largest absolute Gasteiger partial charge is 0.260 e. The Balaban J connectivity index is 3.38. The number of nitrogens with zero attached hydrogens (tertiary/aromatic N) is 1. The third kappa shape index (κ3) is 2.17. The van der Waals surface area contributed by atoms with E-state index in [9.17, 15) is 4.21 Å². The molecule has 0 aromatic carbocycles. The van der Waals surface area contributed by atoms with Crippen LogP contribution in [0.1, 0.15) is 16.8 Å². The highest BCUT2D eigenvalue weighted by atomic mass is 79.9. The van der Waals surface area contributed by atoms with Gasteiger partial charge >= 0.3 is 0 Å². The summed E-state index contributed by atoms with van der Waals surface area (Å²) in [6.45, 7) is 3.90. The van der Waals surface area contributed by atoms with Gasteiger partial charge in [-0.05, 0) is 25.0 Å². The fraction of sp³-hybridized carbons (Fsp3) is 0.444. The zero-order chi connectivity index (χ0) is 10.0. The van der Waals surface area contributed by atoms with Gasteiger partial charge in [-0.3, -0.25) is 9.19 Å². The fourth-order valence-corrected chi connectivity index (χ4v) is 2.95. The molecule has 0 aliphatic heterocycles. The van der Waals surface area contributed by atoms with Crippen LogP contribution in [0.3, 0.4) is 0 Å². The Bertz CT molecular complexity index is 352. The normalized spacial score (nSPS) is 12.9. The molecule has 1 aromatic rings. The van der Waals surface area contributed by atoms with Crippen molar-refractivity contribution in [2.24, 2.45) is 0 Å². The second-order valence-corrected chi connectivity index (χ2v) is 4.81. The Morgan fingerprint density at radius 3 is 2.62 bits per heavy atom. The van der Waals surface area contributed by atoms with Gasteiger partial charge in [-0.2, -0.15) is 0 Å². The van der Waals surface area contributed by atoms with Gasteiger partial charge in [0.25, 0.3) is 0 Å². The molecule has 1 heterocycles. The molecule has 0 aliphatic rings. The number of pyridine rings is 1. The predicted octanol–water partition coefficient (Wildman–Crippen LogP) is 2.33. The Labute approximate surface area is 89.4 Å². The molecule has 2 nitrogen and oxygen atoms in total. The molecule has 0 N–H and O–H groups in total. The van der Waals surface area contributed by atoms with Crippen molar-refractivity contribution in [2.45, 2.75) is 24.1 Å². The Morgan fingerprint density at radius 2 is 2.15 bits per heavy atom. The topological polar surface area (TPSA) is 30.0 Å². The minimum atomic E-state index is -0.925. The molecule has 0 saturated carbocycles. The van der Waals surface area contributed by atoms with Crippen molar-refractivity contribution in [3.63, 3.8) is 0 Å². The molecule has 1 unspecified atom stereocenters. The van der Waals surface area contributed by atoms with Gasteiger partial charge in [0.2, 0.25) is 0 Å². The highest BCUT2D eigenvalue weighted by molar-refractivity contribution is 9.08. The lowest BCUT2D eigenvalue weighted by molar-refractivity contribution is 0.685. The zero-order valence-corrected chi connectivity index (χ0v) is 10.3. The van der Waals surface area contributed by atoms with Crippen molar-refractivity contribution < 1.29 is 4.21 Å². The third-order valence-electron chi connectivity index (χ3n) is 1.96. The number of halogens is 1. The van der Waals surface area contributed by atoms with Gasteiger partial charge in [-0.15, -0.1) is 0 Å². The van der Waals surface area contributed by atoms with Crippen molar-refractivity contribution in [1.29, 1.82) is 0 Å². The molecule has 0 spiro atoms. The minimum Gasteiger partial charge on any atom is -0.260 e. The SMILES string of the molecule is Cc1cnc(CBr)c(C)c1S(C)=O. The number of rotatable bonds is 2. The van der Waals surface area contributed by atoms with Crippen LogP contribution in [0.25, 0.3) is 0 Å². The van der Waals surface area contributed by atoms with Crippen molar-refractivity contribution in [1.82, 2.24) is 4.98 Å². The van der Waals surface area contributed by atoms with Crippen molar-refractivity contribution >= 4 is 26.7 Å². The average molecular weight is 262 g/mol. The molecular formula is C9H12BrNOS. The van der Waals surface area contributed by atoms with E-state index in [1.807, 2.05) is 13.8 Å². The maximum absolute atomic E-state index is 11.4. The van der Waals surface area contributed by atoms with E-state index in [1.54, 1.807) is 12.5 Å². The van der Waals surface area contributed by atoms with Gasteiger partial charge in [0.1, 0.15) is 0 Å². The number of aromatic nitrogens is 1. The van der Waals surface area contributed by atoms with E-state index < -0.39 is 10.8 Å². The molecule has 13 heavy (non-hydrogen) atoms. The fourth-order valence-electron chi connectivity index (χ4n) is 1.33. The number of hydrogen-bond acceptors (Lipinski definition) is 2. The summed E-state index contributed by atoms with van der Waals surface area (Å²) in [5.74, 6) is 0. The molecule has 1 rings (SSSR count). The summed E-state index contributed by atoms with van der Waals surface area (Å²) < 4.78 is 11.4. The lowest BCUT2D eigenvalue weighted by Crippen LogP contribution is -2.01. The van der Waals surface area contributed by atoms with Crippen LogP contribution >= 0.6 is 15.9 Å². The lowest BCUT2D eigenvalue weighted by Gasteiger charge is -2.09. The summed E-state index contributed by atoms with van der Waals surface area (Å²) in [5.41, 5.74) is 3.01. The van der Waals surface area contributed by atoms with E-state index in [0.29, 0.717) is 5.33 Å². The predicted molar refractivity (Wildman–Crippen MR) is 58.7 cm³/mol. The standard InChI is InChI=1S/C9H12BrNOS/c1-6-5-11-8(4-10)7(2)9(6)13(3)12/h5H,4H2,1-3H3. The minimum absolute atomic E-state index is 0.712. The maximum Gasteiger partial charge on any atom is 0.0550 e. The summed E-state index contributed by atoms with van der Waals surface area (Å²) in [6, 6.07) is 0. The van der Waals surface area contributed by atoms with Crippen LogP contribution in [0.5, 0.6) is 0 Å². The van der Waals surface area contributed by atoms with Gasteiger partial charge < -0.3 is 0 Å². The van der Waals surface area contributed by atoms with Gasteiger partial charge in [-0.25, -0.2) is 0 Å². The van der Waals surface area contributed by atoms with E-state index >= 15 is 0 Å². The summed E-state index contributed by atoms with van der Waals surface area (Å²) in [7, 11) is -0.925. The van der Waals surface area contributed by atoms with Crippen molar-refractivity contribution in [3.8, 4) is 0 Å². The first-order valence-corrected chi connectivity index (χ1v) is 6.60. The van der Waals surface area contributed by atoms with Crippen LogP contribution in [-0.2, 0) is 16.1 Å². The summed E-state index contributed by atoms with van der Waals surface area (Å²) in [4.78, 5) is 5.18. The second kappa shape index (κ2) is 4.33. The zero-order valence-electron chi connectivity index (χ0n) is 7.93. The molecule has 1 aromatic heterocycles. The van der Waals surface area contributed by atoms with E-state index in [4.69, 9.17) is 0 Å². The molecule has 4 heteroatoms. The average Bonchev–Trinajstić information content (AvgIpc) is 2.04. The molecule has 0 fully saturated rings. The first-order valence-electron chi connectivity index (χ1n) is 3.92. The van der Waals surface area contributed by atoms with Crippen LogP contribution in [0.2, 0.25) is 0 Å². The van der Waals surface area contributed by atoms with E-state index in [2.05, 4.69) is 20.9 Å². The quantitative estimate of drug-likeness (QED) is 0.766. The Hall–Kier alpha value is -0.220. The third-order valence-corrected chi connectivity index (χ3v) is 3.69. The molecule has 0 bridgehead atoms. The van der Waals surface area contributed by atoms with Crippen LogP contribution in [0.4, 0.5) is 0 Å². The van der Waals surface area contributed by atoms with Gasteiger partial charge in [0, 0.05) is 22.7 Å². The smallest absolute Gasteiger partial charge is 0.0550 e. The van der Waals surface area contributed by atoms with Crippen LogP contribution in [-0.4, -0.2) is 15.4 Å². The molecule has 0 amide bonds. The molecule has 1 atom stereocenters. The summed E-state index contributed by atoms with van der Waals surface area (Å²) >= 11 is 3.35. The highest BCUT2D eigenvalue weighted by Crippen LogP contribution is 2.20. The maximum atomic E-state index is 11.4. The molecule has 0 radical (unpaired) electrons. The van der Waals surface area contributed by atoms with Crippen LogP contribution in [0.15, 0.2) is 11.1 Å². The monoisotopic (exact) mass is 261 g/mol. The van der Waals surface area contributed by atoms with Crippen LogP contribution < -0.4 is 0 Å². The lowest BCUT2D eigenvalue weighted by atomic mass is 10.2. The summed E-state index contributed by atoms with van der Waals surface area (Å²) in [6.07, 6.45) is 3.48. The Kier molecular flexibility index (Phi) is 3.62. The first-order chi connectivity index (χ1) is 6.07. The van der Waals surface area contributed by atoms with Crippen molar-refractivity contribution in [3.05, 3.63) is 23.0 Å². The Morgan fingerprint density at radius 1 is 1.54 bits per heavy atom. The molecule has 0 aliphatic carbocycles. The molecular weight excluding hydrogens is 250 g/mol. The molecule has 0 saturated heterocycles. The van der Waals surface area contributed by atoms with Gasteiger partial charge in [-0.1, -0.05) is 15.9 Å². The van der Waals surface area contributed by atoms with E-state index in [-0.39, 0.29) is 0 Å².